The average molecular weight is 371 g/mol. The van der Waals surface area contributed by atoms with E-state index in [4.69, 9.17) is 14.0 Å². The van der Waals surface area contributed by atoms with Crippen LogP contribution in [0.2, 0.25) is 0 Å². The number of aromatic nitrogens is 2. The molecule has 0 spiro atoms. The normalized spacial score (nSPS) is 10.9. The lowest BCUT2D eigenvalue weighted by molar-refractivity contribution is -0.111. The summed E-state index contributed by atoms with van der Waals surface area (Å²) in [6.07, 6.45) is 3.14. The van der Waals surface area contributed by atoms with Gasteiger partial charge in [0.05, 0.1) is 19.9 Å². The Bertz CT molecular complexity index is 946. The quantitative estimate of drug-likeness (QED) is 0.664. The number of hydrogen-bond donors (Lipinski definition) is 1. The SMILES string of the molecule is COc1ccc(/C=C/C(=O)Nc2ccsc2-c2nc(C)no2)cc1OC. The molecule has 0 radical (unpaired) electrons. The van der Waals surface area contributed by atoms with Gasteiger partial charge in [0.25, 0.3) is 5.89 Å². The van der Waals surface area contributed by atoms with E-state index in [0.29, 0.717) is 28.9 Å². The maximum absolute atomic E-state index is 12.2. The van der Waals surface area contributed by atoms with Crippen molar-refractivity contribution in [3.63, 3.8) is 0 Å². The van der Waals surface area contributed by atoms with Gasteiger partial charge in [-0.3, -0.25) is 4.79 Å². The standard InChI is InChI=1S/C18H17N3O4S/c1-11-19-18(25-21-11)17-13(8-9-26-17)20-16(22)7-5-12-4-6-14(23-2)15(10-12)24-3/h4-10H,1-3H3,(H,20,22)/b7-5+. The van der Waals surface area contributed by atoms with Crippen molar-refractivity contribution >= 4 is 29.0 Å². The van der Waals surface area contributed by atoms with Crippen molar-refractivity contribution in [2.45, 2.75) is 6.92 Å². The number of nitrogens with one attached hydrogen (secondary N) is 1. The molecule has 7 nitrogen and oxygen atoms in total. The second-order valence-electron chi connectivity index (χ2n) is 5.25. The van der Waals surface area contributed by atoms with E-state index in [-0.39, 0.29) is 5.91 Å². The van der Waals surface area contributed by atoms with Crippen LogP contribution in [0.3, 0.4) is 0 Å². The summed E-state index contributed by atoms with van der Waals surface area (Å²) in [6, 6.07) is 7.20. The second-order valence-corrected chi connectivity index (χ2v) is 6.16. The van der Waals surface area contributed by atoms with Gasteiger partial charge < -0.3 is 19.3 Å². The highest BCUT2D eigenvalue weighted by atomic mass is 32.1. The zero-order valence-electron chi connectivity index (χ0n) is 14.5. The van der Waals surface area contributed by atoms with Crippen molar-refractivity contribution in [1.29, 1.82) is 0 Å². The molecule has 1 aromatic carbocycles. The third kappa shape index (κ3) is 3.92. The number of aryl methyl sites for hydroxylation is 1. The number of hydrogen-bond acceptors (Lipinski definition) is 7. The first-order valence-corrected chi connectivity index (χ1v) is 8.58. The van der Waals surface area contributed by atoms with Gasteiger partial charge in [0, 0.05) is 6.08 Å². The summed E-state index contributed by atoms with van der Waals surface area (Å²) < 4.78 is 15.6. The lowest BCUT2D eigenvalue weighted by atomic mass is 10.2. The number of methoxy groups -OCH3 is 2. The Hall–Kier alpha value is -3.13. The van der Waals surface area contributed by atoms with Crippen molar-refractivity contribution in [3.8, 4) is 22.3 Å². The number of carbonyl (C=O) groups is 1. The van der Waals surface area contributed by atoms with E-state index in [1.165, 1.54) is 17.4 Å². The third-order valence-corrected chi connectivity index (χ3v) is 4.38. The fourth-order valence-corrected chi connectivity index (χ4v) is 3.04. The molecule has 0 saturated carbocycles. The number of nitrogens with zero attached hydrogens (tertiary/aromatic N) is 2. The average Bonchev–Trinajstić information content (AvgIpc) is 3.28. The molecule has 0 saturated heterocycles. The summed E-state index contributed by atoms with van der Waals surface area (Å²) in [6.45, 7) is 1.74. The molecule has 0 aliphatic carbocycles. The van der Waals surface area contributed by atoms with Crippen LogP contribution in [0.25, 0.3) is 16.8 Å². The number of anilines is 1. The van der Waals surface area contributed by atoms with Crippen LogP contribution in [-0.4, -0.2) is 30.3 Å². The van der Waals surface area contributed by atoms with E-state index in [9.17, 15) is 4.79 Å². The van der Waals surface area contributed by atoms with Crippen LogP contribution in [0.1, 0.15) is 11.4 Å². The number of benzene rings is 1. The van der Waals surface area contributed by atoms with Crippen LogP contribution in [0.5, 0.6) is 11.5 Å². The molecule has 0 fully saturated rings. The lowest BCUT2D eigenvalue weighted by Gasteiger charge is -2.07. The van der Waals surface area contributed by atoms with Gasteiger partial charge in [0.1, 0.15) is 4.88 Å². The highest BCUT2D eigenvalue weighted by Gasteiger charge is 2.14. The van der Waals surface area contributed by atoms with Crippen molar-refractivity contribution < 1.29 is 18.8 Å². The zero-order chi connectivity index (χ0) is 18.5. The molecule has 3 aromatic rings. The minimum absolute atomic E-state index is 0.268. The maximum Gasteiger partial charge on any atom is 0.270 e. The third-order valence-electron chi connectivity index (χ3n) is 3.48. The summed E-state index contributed by atoms with van der Waals surface area (Å²) in [4.78, 5) is 17.1. The van der Waals surface area contributed by atoms with E-state index in [2.05, 4.69) is 15.5 Å². The van der Waals surface area contributed by atoms with E-state index in [1.54, 1.807) is 45.4 Å². The highest BCUT2D eigenvalue weighted by molar-refractivity contribution is 7.14. The van der Waals surface area contributed by atoms with Crippen LogP contribution in [-0.2, 0) is 4.79 Å². The Kier molecular flexibility index (Phi) is 5.33. The Balaban J connectivity index is 1.72. The van der Waals surface area contributed by atoms with Crippen molar-refractivity contribution in [2.75, 3.05) is 19.5 Å². The molecule has 1 N–H and O–H groups in total. The Morgan fingerprint density at radius 3 is 2.73 bits per heavy atom. The number of rotatable bonds is 6. The maximum atomic E-state index is 12.2. The number of amides is 1. The smallest absolute Gasteiger partial charge is 0.270 e. The highest BCUT2D eigenvalue weighted by Crippen LogP contribution is 2.32. The Morgan fingerprint density at radius 1 is 1.23 bits per heavy atom. The largest absolute Gasteiger partial charge is 0.493 e. The molecule has 0 aliphatic heterocycles. The summed E-state index contributed by atoms with van der Waals surface area (Å²) in [7, 11) is 3.14. The van der Waals surface area contributed by atoms with Gasteiger partial charge in [-0.15, -0.1) is 11.3 Å². The van der Waals surface area contributed by atoms with Crippen LogP contribution in [0.4, 0.5) is 5.69 Å². The van der Waals surface area contributed by atoms with E-state index in [0.717, 1.165) is 10.4 Å². The first-order chi connectivity index (χ1) is 12.6. The molecular formula is C18H17N3O4S. The van der Waals surface area contributed by atoms with Gasteiger partial charge in [0.2, 0.25) is 5.91 Å². The molecule has 26 heavy (non-hydrogen) atoms. The Morgan fingerprint density at radius 2 is 2.04 bits per heavy atom. The van der Waals surface area contributed by atoms with Gasteiger partial charge in [-0.1, -0.05) is 11.2 Å². The monoisotopic (exact) mass is 371 g/mol. The molecule has 0 bridgehead atoms. The zero-order valence-corrected chi connectivity index (χ0v) is 15.3. The summed E-state index contributed by atoms with van der Waals surface area (Å²) in [5.74, 6) is 1.89. The molecule has 1 amide bonds. The molecule has 0 atom stereocenters. The first-order valence-electron chi connectivity index (χ1n) is 7.70. The van der Waals surface area contributed by atoms with Gasteiger partial charge >= 0.3 is 0 Å². The second kappa shape index (κ2) is 7.83. The summed E-state index contributed by atoms with van der Waals surface area (Å²) in [5, 5.41) is 8.44. The number of carbonyl (C=O) groups excluding carboxylic acids is 1. The van der Waals surface area contributed by atoms with E-state index < -0.39 is 0 Å². The molecule has 0 unspecified atom stereocenters. The number of thiophene rings is 1. The molecular weight excluding hydrogens is 354 g/mol. The van der Waals surface area contributed by atoms with Crippen LogP contribution >= 0.6 is 11.3 Å². The molecule has 3 rings (SSSR count). The summed E-state index contributed by atoms with van der Waals surface area (Å²) >= 11 is 1.42. The molecule has 2 heterocycles. The summed E-state index contributed by atoms with van der Waals surface area (Å²) in [5.41, 5.74) is 1.44. The first kappa shape index (κ1) is 17.7. The number of ether oxygens (including phenoxy) is 2. The minimum atomic E-state index is -0.268. The molecule has 134 valence electrons. The van der Waals surface area contributed by atoms with Crippen LogP contribution in [0, 0.1) is 6.92 Å². The topological polar surface area (TPSA) is 86.5 Å². The fourth-order valence-electron chi connectivity index (χ4n) is 2.27. The molecule has 0 aliphatic rings. The predicted octanol–water partition coefficient (Wildman–Crippen LogP) is 3.78. The molecule has 2 aromatic heterocycles. The molecule has 8 heteroatoms. The lowest BCUT2D eigenvalue weighted by Crippen LogP contribution is -2.07. The minimum Gasteiger partial charge on any atom is -0.493 e. The predicted molar refractivity (Wildman–Crippen MR) is 99.6 cm³/mol. The van der Waals surface area contributed by atoms with Crippen molar-refractivity contribution in [3.05, 3.63) is 47.1 Å². The van der Waals surface area contributed by atoms with E-state index >= 15 is 0 Å². The van der Waals surface area contributed by atoms with Crippen LogP contribution in [0.15, 0.2) is 40.2 Å². The Labute approximate surface area is 154 Å². The van der Waals surface area contributed by atoms with E-state index in [1.807, 2.05) is 11.4 Å². The van der Waals surface area contributed by atoms with Gasteiger partial charge in [-0.25, -0.2) is 0 Å². The van der Waals surface area contributed by atoms with Gasteiger partial charge in [0.15, 0.2) is 17.3 Å². The fraction of sp³-hybridized carbons (Fsp3) is 0.167. The van der Waals surface area contributed by atoms with Crippen LogP contribution < -0.4 is 14.8 Å². The van der Waals surface area contributed by atoms with Crippen molar-refractivity contribution in [2.24, 2.45) is 0 Å². The van der Waals surface area contributed by atoms with Gasteiger partial charge in [-0.05, 0) is 42.1 Å². The van der Waals surface area contributed by atoms with Gasteiger partial charge in [-0.2, -0.15) is 4.98 Å². The van der Waals surface area contributed by atoms with Crippen molar-refractivity contribution in [1.82, 2.24) is 10.1 Å².